The molecule has 1 aromatic heterocycles. The molecule has 0 aliphatic heterocycles. The predicted molar refractivity (Wildman–Crippen MR) is 108 cm³/mol. The van der Waals surface area contributed by atoms with Crippen molar-refractivity contribution in [3.63, 3.8) is 0 Å². The highest BCUT2D eigenvalue weighted by atomic mass is 127. The third-order valence-electron chi connectivity index (χ3n) is 3.39. The first-order chi connectivity index (χ1) is 11.2. The zero-order chi connectivity index (χ0) is 16.5. The zero-order valence-electron chi connectivity index (χ0n) is 14.5. The van der Waals surface area contributed by atoms with Crippen LogP contribution in [0.1, 0.15) is 18.1 Å². The quantitative estimate of drug-likeness (QED) is 0.392. The minimum atomic E-state index is 0. The van der Waals surface area contributed by atoms with E-state index in [-0.39, 0.29) is 24.0 Å². The molecule has 0 radical (unpaired) electrons. The van der Waals surface area contributed by atoms with Crippen LogP contribution in [-0.4, -0.2) is 35.9 Å². The third kappa shape index (κ3) is 6.77. The molecule has 7 heteroatoms. The average molecular weight is 443 g/mol. The molecule has 0 aliphatic rings. The number of hydrogen-bond donors (Lipinski definition) is 2. The van der Waals surface area contributed by atoms with E-state index in [1.165, 1.54) is 5.56 Å². The molecule has 24 heavy (non-hydrogen) atoms. The number of aryl methyl sites for hydroxylation is 1. The first-order valence-electron chi connectivity index (χ1n) is 7.84. The molecule has 0 amide bonds. The minimum Gasteiger partial charge on any atom is -0.497 e. The van der Waals surface area contributed by atoms with Gasteiger partial charge >= 0.3 is 0 Å². The fourth-order valence-corrected chi connectivity index (χ4v) is 2.17. The molecule has 6 nitrogen and oxygen atoms in total. The number of guanidine groups is 1. The Morgan fingerprint density at radius 3 is 2.54 bits per heavy atom. The lowest BCUT2D eigenvalue weighted by Gasteiger charge is -2.11. The number of aromatic nitrogens is 2. The summed E-state index contributed by atoms with van der Waals surface area (Å²) in [6.45, 7) is 4.35. The molecule has 0 spiro atoms. The van der Waals surface area contributed by atoms with E-state index in [0.717, 1.165) is 36.8 Å². The van der Waals surface area contributed by atoms with Crippen molar-refractivity contribution >= 4 is 29.9 Å². The van der Waals surface area contributed by atoms with Gasteiger partial charge in [-0.2, -0.15) is 5.10 Å². The van der Waals surface area contributed by atoms with Gasteiger partial charge in [-0.25, -0.2) is 4.99 Å². The molecule has 2 aromatic rings. The van der Waals surface area contributed by atoms with Crippen molar-refractivity contribution in [3.8, 4) is 5.75 Å². The first kappa shape index (κ1) is 20.3. The van der Waals surface area contributed by atoms with Crippen molar-refractivity contribution in [1.29, 1.82) is 0 Å². The second-order valence-corrected chi connectivity index (χ2v) is 5.24. The van der Waals surface area contributed by atoms with Crippen LogP contribution in [0.25, 0.3) is 0 Å². The number of ether oxygens (including phenoxy) is 1. The Hall–Kier alpha value is -1.77. The SMILES string of the molecule is CCNC(=NCc1ccc(OC)cc1)NCCc1cnn(C)c1.I. The fourth-order valence-electron chi connectivity index (χ4n) is 2.17. The van der Waals surface area contributed by atoms with Crippen LogP contribution in [0, 0.1) is 0 Å². The van der Waals surface area contributed by atoms with Gasteiger partial charge in [0.1, 0.15) is 5.75 Å². The van der Waals surface area contributed by atoms with Crippen LogP contribution in [0.4, 0.5) is 0 Å². The van der Waals surface area contributed by atoms with Gasteiger partial charge in [0.15, 0.2) is 5.96 Å². The number of benzene rings is 1. The lowest BCUT2D eigenvalue weighted by Crippen LogP contribution is -2.38. The van der Waals surface area contributed by atoms with Gasteiger partial charge in [0.05, 0.1) is 19.9 Å². The molecule has 1 heterocycles. The lowest BCUT2D eigenvalue weighted by molar-refractivity contribution is 0.414. The normalized spacial score (nSPS) is 10.9. The van der Waals surface area contributed by atoms with Crippen molar-refractivity contribution < 1.29 is 4.74 Å². The molecule has 0 unspecified atom stereocenters. The van der Waals surface area contributed by atoms with E-state index >= 15 is 0 Å². The monoisotopic (exact) mass is 443 g/mol. The molecule has 1 aromatic carbocycles. The number of methoxy groups -OCH3 is 1. The Morgan fingerprint density at radius 2 is 1.96 bits per heavy atom. The number of nitrogens with zero attached hydrogens (tertiary/aromatic N) is 3. The summed E-state index contributed by atoms with van der Waals surface area (Å²) in [5, 5.41) is 10.8. The maximum atomic E-state index is 5.16. The zero-order valence-corrected chi connectivity index (χ0v) is 16.8. The summed E-state index contributed by atoms with van der Waals surface area (Å²) in [5.74, 6) is 1.69. The summed E-state index contributed by atoms with van der Waals surface area (Å²) in [5.41, 5.74) is 2.36. The van der Waals surface area contributed by atoms with Gasteiger partial charge in [-0.3, -0.25) is 4.68 Å². The summed E-state index contributed by atoms with van der Waals surface area (Å²) in [7, 11) is 3.60. The first-order valence-corrected chi connectivity index (χ1v) is 7.84. The molecule has 0 saturated carbocycles. The number of rotatable bonds is 7. The summed E-state index contributed by atoms with van der Waals surface area (Å²) >= 11 is 0. The van der Waals surface area contributed by atoms with Crippen molar-refractivity contribution in [2.24, 2.45) is 12.0 Å². The van der Waals surface area contributed by atoms with Crippen LogP contribution in [0.3, 0.4) is 0 Å². The van der Waals surface area contributed by atoms with E-state index in [4.69, 9.17) is 4.74 Å². The molecule has 0 bridgehead atoms. The van der Waals surface area contributed by atoms with E-state index < -0.39 is 0 Å². The second kappa shape index (κ2) is 10.9. The molecular weight excluding hydrogens is 417 g/mol. The van der Waals surface area contributed by atoms with Gasteiger partial charge in [-0.05, 0) is 36.6 Å². The highest BCUT2D eigenvalue weighted by Gasteiger charge is 2.00. The maximum absolute atomic E-state index is 5.16. The summed E-state index contributed by atoms with van der Waals surface area (Å²) in [4.78, 5) is 4.61. The summed E-state index contributed by atoms with van der Waals surface area (Å²) < 4.78 is 6.98. The minimum absolute atomic E-state index is 0. The molecule has 0 saturated heterocycles. The number of hydrogen-bond acceptors (Lipinski definition) is 3. The highest BCUT2D eigenvalue weighted by molar-refractivity contribution is 14.0. The Bertz CT molecular complexity index is 624. The average Bonchev–Trinajstić information content (AvgIpc) is 2.98. The van der Waals surface area contributed by atoms with Crippen molar-refractivity contribution in [3.05, 3.63) is 47.8 Å². The number of nitrogens with one attached hydrogen (secondary N) is 2. The van der Waals surface area contributed by atoms with Gasteiger partial charge in [-0.1, -0.05) is 12.1 Å². The summed E-state index contributed by atoms with van der Waals surface area (Å²) in [6.07, 6.45) is 4.84. The molecule has 2 rings (SSSR count). The smallest absolute Gasteiger partial charge is 0.191 e. The van der Waals surface area contributed by atoms with Crippen LogP contribution >= 0.6 is 24.0 Å². The van der Waals surface area contributed by atoms with Gasteiger partial charge in [0.2, 0.25) is 0 Å². The van der Waals surface area contributed by atoms with Crippen LogP contribution in [-0.2, 0) is 20.0 Å². The molecule has 0 atom stereocenters. The molecule has 0 fully saturated rings. The van der Waals surface area contributed by atoms with E-state index in [1.54, 1.807) is 7.11 Å². The van der Waals surface area contributed by atoms with Crippen molar-refractivity contribution in [2.75, 3.05) is 20.2 Å². The van der Waals surface area contributed by atoms with E-state index in [1.807, 2.05) is 48.4 Å². The van der Waals surface area contributed by atoms with Crippen molar-refractivity contribution in [2.45, 2.75) is 19.9 Å². The van der Waals surface area contributed by atoms with Crippen molar-refractivity contribution in [1.82, 2.24) is 20.4 Å². The number of halogens is 1. The van der Waals surface area contributed by atoms with Crippen LogP contribution in [0.5, 0.6) is 5.75 Å². The standard InChI is InChI=1S/C17H25N5O.HI/c1-4-18-17(19-10-9-15-12-21-22(2)13-15)20-11-14-5-7-16(23-3)8-6-14;/h5-8,12-13H,4,9-11H2,1-3H3,(H2,18,19,20);1H. The molecule has 132 valence electrons. The second-order valence-electron chi connectivity index (χ2n) is 5.24. The predicted octanol–water partition coefficient (Wildman–Crippen LogP) is 2.34. The Morgan fingerprint density at radius 1 is 1.21 bits per heavy atom. The van der Waals surface area contributed by atoms with Gasteiger partial charge < -0.3 is 15.4 Å². The summed E-state index contributed by atoms with van der Waals surface area (Å²) in [6, 6.07) is 7.96. The Kier molecular flexibility index (Phi) is 9.21. The Balaban J connectivity index is 0.00000288. The van der Waals surface area contributed by atoms with E-state index in [2.05, 4.69) is 27.6 Å². The maximum Gasteiger partial charge on any atom is 0.191 e. The highest BCUT2D eigenvalue weighted by Crippen LogP contribution is 2.11. The van der Waals surface area contributed by atoms with Crippen LogP contribution < -0.4 is 15.4 Å². The molecular formula is C17H26IN5O. The largest absolute Gasteiger partial charge is 0.497 e. The molecule has 0 aliphatic carbocycles. The Labute approximate surface area is 160 Å². The van der Waals surface area contributed by atoms with Gasteiger partial charge in [0.25, 0.3) is 0 Å². The molecule has 2 N–H and O–H groups in total. The number of aliphatic imine (C=N–C) groups is 1. The fraction of sp³-hybridized carbons (Fsp3) is 0.412. The van der Waals surface area contributed by atoms with E-state index in [9.17, 15) is 0 Å². The van der Waals surface area contributed by atoms with Gasteiger partial charge in [0, 0.05) is 26.3 Å². The topological polar surface area (TPSA) is 63.5 Å². The lowest BCUT2D eigenvalue weighted by atomic mass is 10.2. The van der Waals surface area contributed by atoms with E-state index in [0.29, 0.717) is 6.54 Å². The van der Waals surface area contributed by atoms with Crippen LogP contribution in [0.2, 0.25) is 0 Å². The third-order valence-corrected chi connectivity index (χ3v) is 3.39. The van der Waals surface area contributed by atoms with Gasteiger partial charge in [-0.15, -0.1) is 24.0 Å². The van der Waals surface area contributed by atoms with Crippen LogP contribution in [0.15, 0.2) is 41.7 Å².